The van der Waals surface area contributed by atoms with Crippen LogP contribution < -0.4 is 0 Å². The van der Waals surface area contributed by atoms with Crippen molar-refractivity contribution >= 4 is 17.9 Å². The minimum absolute atomic E-state index is 0.139. The van der Waals surface area contributed by atoms with Gasteiger partial charge in [0.25, 0.3) is 0 Å². The highest BCUT2D eigenvalue weighted by molar-refractivity contribution is 5.67. The summed E-state index contributed by atoms with van der Waals surface area (Å²) in [6.45, 7) is 6.84. The summed E-state index contributed by atoms with van der Waals surface area (Å²) in [6, 6.07) is 0. The second-order valence-corrected chi connectivity index (χ2v) is 7.68. The van der Waals surface area contributed by atoms with E-state index in [1.165, 1.54) is 20.8 Å². The van der Waals surface area contributed by atoms with Crippen molar-refractivity contribution in [1.29, 1.82) is 0 Å². The van der Waals surface area contributed by atoms with Gasteiger partial charge >= 0.3 is 17.9 Å². The Kier molecular flexibility index (Phi) is 11.9. The summed E-state index contributed by atoms with van der Waals surface area (Å²) in [4.78, 5) is 38.6. The van der Waals surface area contributed by atoms with Gasteiger partial charge in [-0.05, 0) is 47.1 Å². The standard InChI is InChI=1S/C20H36N2O8/c1-14(23)27-13-17-18(28-15(2)24)19(29-16(3)25)20(30-17)26-12-8-11-22(6)10-7-9-21(4)5/h17-20H,7-13H2,1-6H3. The van der Waals surface area contributed by atoms with E-state index in [2.05, 4.69) is 16.8 Å². The third kappa shape index (κ3) is 10.3. The summed E-state index contributed by atoms with van der Waals surface area (Å²) in [6.07, 6.45) is -1.75. The maximum atomic E-state index is 11.5. The summed E-state index contributed by atoms with van der Waals surface area (Å²) < 4.78 is 27.1. The monoisotopic (exact) mass is 432 g/mol. The Labute approximate surface area is 178 Å². The molecule has 0 bridgehead atoms. The highest BCUT2D eigenvalue weighted by Gasteiger charge is 2.50. The Balaban J connectivity index is 2.60. The van der Waals surface area contributed by atoms with E-state index in [4.69, 9.17) is 23.7 Å². The van der Waals surface area contributed by atoms with Crippen LogP contribution in [0.25, 0.3) is 0 Å². The molecule has 10 heteroatoms. The number of hydrogen-bond acceptors (Lipinski definition) is 10. The molecule has 0 aromatic rings. The zero-order valence-corrected chi connectivity index (χ0v) is 18.9. The fourth-order valence-corrected chi connectivity index (χ4v) is 3.11. The van der Waals surface area contributed by atoms with Gasteiger partial charge in [-0.2, -0.15) is 0 Å². The summed E-state index contributed by atoms with van der Waals surface area (Å²) in [5.74, 6) is -1.61. The topological polar surface area (TPSA) is 104 Å². The molecule has 4 unspecified atom stereocenters. The van der Waals surface area contributed by atoms with Crippen LogP contribution in [0.2, 0.25) is 0 Å². The molecular formula is C20H36N2O8. The van der Waals surface area contributed by atoms with Gasteiger partial charge in [0.15, 0.2) is 18.5 Å². The van der Waals surface area contributed by atoms with Gasteiger partial charge in [0.1, 0.15) is 12.7 Å². The quantitative estimate of drug-likeness (QED) is 0.231. The predicted octanol–water partition coefficient (Wildman–Crippen LogP) is 0.428. The van der Waals surface area contributed by atoms with Crippen molar-refractivity contribution in [3.8, 4) is 0 Å². The van der Waals surface area contributed by atoms with E-state index >= 15 is 0 Å². The van der Waals surface area contributed by atoms with E-state index in [1.807, 2.05) is 14.1 Å². The van der Waals surface area contributed by atoms with Crippen molar-refractivity contribution in [2.75, 3.05) is 54.0 Å². The van der Waals surface area contributed by atoms with E-state index in [0.717, 1.165) is 32.5 Å². The molecule has 0 aromatic carbocycles. The highest BCUT2D eigenvalue weighted by Crippen LogP contribution is 2.28. The van der Waals surface area contributed by atoms with Gasteiger partial charge < -0.3 is 33.5 Å². The predicted molar refractivity (Wildman–Crippen MR) is 108 cm³/mol. The van der Waals surface area contributed by atoms with E-state index < -0.39 is 42.5 Å². The van der Waals surface area contributed by atoms with Crippen LogP contribution in [0.4, 0.5) is 0 Å². The van der Waals surface area contributed by atoms with Gasteiger partial charge in [0.2, 0.25) is 0 Å². The molecule has 0 amide bonds. The van der Waals surface area contributed by atoms with Gasteiger partial charge in [0.05, 0.1) is 6.61 Å². The molecule has 0 aromatic heterocycles. The van der Waals surface area contributed by atoms with Crippen LogP contribution in [-0.2, 0) is 38.1 Å². The number of rotatable bonds is 13. The SMILES string of the molecule is CC(=O)OCC1OC(OCCCN(C)CCCN(C)C)C(OC(C)=O)C1OC(C)=O. The van der Waals surface area contributed by atoms with Crippen molar-refractivity contribution in [1.82, 2.24) is 9.80 Å². The van der Waals surface area contributed by atoms with Crippen molar-refractivity contribution in [3.05, 3.63) is 0 Å². The summed E-state index contributed by atoms with van der Waals surface area (Å²) in [7, 11) is 6.15. The number of carbonyl (C=O) groups excluding carboxylic acids is 3. The lowest BCUT2D eigenvalue weighted by Gasteiger charge is -2.23. The Morgan fingerprint density at radius 1 is 0.833 bits per heavy atom. The van der Waals surface area contributed by atoms with Gasteiger partial charge in [-0.25, -0.2) is 0 Å². The zero-order chi connectivity index (χ0) is 22.7. The van der Waals surface area contributed by atoms with Gasteiger partial charge in [0, 0.05) is 27.3 Å². The fourth-order valence-electron chi connectivity index (χ4n) is 3.11. The molecule has 1 fully saturated rings. The molecule has 0 spiro atoms. The molecule has 30 heavy (non-hydrogen) atoms. The minimum Gasteiger partial charge on any atom is -0.463 e. The maximum Gasteiger partial charge on any atom is 0.303 e. The van der Waals surface area contributed by atoms with Gasteiger partial charge in [-0.1, -0.05) is 0 Å². The Morgan fingerprint density at radius 2 is 1.43 bits per heavy atom. The van der Waals surface area contributed by atoms with Crippen LogP contribution in [0.5, 0.6) is 0 Å². The fraction of sp³-hybridized carbons (Fsp3) is 0.850. The molecule has 1 rings (SSSR count). The molecule has 0 aliphatic carbocycles. The Hall–Kier alpha value is -1.75. The maximum absolute atomic E-state index is 11.5. The van der Waals surface area contributed by atoms with E-state index in [-0.39, 0.29) is 6.61 Å². The highest BCUT2D eigenvalue weighted by atomic mass is 16.7. The van der Waals surface area contributed by atoms with Crippen molar-refractivity contribution in [3.63, 3.8) is 0 Å². The van der Waals surface area contributed by atoms with Crippen molar-refractivity contribution in [2.24, 2.45) is 0 Å². The summed E-state index contributed by atoms with van der Waals surface area (Å²) >= 11 is 0. The zero-order valence-electron chi connectivity index (χ0n) is 18.9. The lowest BCUT2D eigenvalue weighted by molar-refractivity contribution is -0.190. The van der Waals surface area contributed by atoms with Crippen molar-refractivity contribution < 1.29 is 38.1 Å². The second kappa shape index (κ2) is 13.5. The normalized spacial score (nSPS) is 23.6. The number of esters is 3. The van der Waals surface area contributed by atoms with Gasteiger partial charge in [-0.15, -0.1) is 0 Å². The van der Waals surface area contributed by atoms with Crippen LogP contribution in [0, 0.1) is 0 Å². The average molecular weight is 433 g/mol. The largest absolute Gasteiger partial charge is 0.463 e. The number of nitrogens with zero attached hydrogens (tertiary/aromatic N) is 2. The third-order valence-corrected chi connectivity index (χ3v) is 4.43. The summed E-state index contributed by atoms with van der Waals surface area (Å²) in [5, 5.41) is 0. The molecule has 174 valence electrons. The van der Waals surface area contributed by atoms with Crippen LogP contribution >= 0.6 is 0 Å². The average Bonchev–Trinajstić information content (AvgIpc) is 2.92. The van der Waals surface area contributed by atoms with Crippen molar-refractivity contribution in [2.45, 2.75) is 58.2 Å². The van der Waals surface area contributed by atoms with Crippen LogP contribution in [0.1, 0.15) is 33.6 Å². The molecule has 4 atom stereocenters. The Bertz CT molecular complexity index is 557. The van der Waals surface area contributed by atoms with Crippen LogP contribution in [0.3, 0.4) is 0 Å². The summed E-state index contributed by atoms with van der Waals surface area (Å²) in [5.41, 5.74) is 0. The first-order valence-corrected chi connectivity index (χ1v) is 10.2. The van der Waals surface area contributed by atoms with Crippen LogP contribution in [0.15, 0.2) is 0 Å². The molecule has 0 saturated carbocycles. The third-order valence-electron chi connectivity index (χ3n) is 4.43. The van der Waals surface area contributed by atoms with E-state index in [1.54, 1.807) is 0 Å². The first kappa shape index (κ1) is 26.3. The molecule has 1 aliphatic heterocycles. The second-order valence-electron chi connectivity index (χ2n) is 7.68. The molecule has 10 nitrogen and oxygen atoms in total. The van der Waals surface area contributed by atoms with Crippen LogP contribution in [-0.4, -0.2) is 106 Å². The molecule has 1 aliphatic rings. The first-order chi connectivity index (χ1) is 14.1. The van der Waals surface area contributed by atoms with E-state index in [0.29, 0.717) is 6.61 Å². The lowest BCUT2D eigenvalue weighted by atomic mass is 10.1. The first-order valence-electron chi connectivity index (χ1n) is 10.2. The van der Waals surface area contributed by atoms with E-state index in [9.17, 15) is 14.4 Å². The number of ether oxygens (including phenoxy) is 5. The minimum atomic E-state index is -0.940. The Morgan fingerprint density at radius 3 is 2.00 bits per heavy atom. The van der Waals surface area contributed by atoms with Gasteiger partial charge in [-0.3, -0.25) is 14.4 Å². The number of hydrogen-bond donors (Lipinski definition) is 0. The molecule has 1 heterocycles. The smallest absolute Gasteiger partial charge is 0.303 e. The number of carbonyl (C=O) groups is 3. The molecule has 1 saturated heterocycles. The molecular weight excluding hydrogens is 396 g/mol. The molecule has 0 N–H and O–H groups in total. The molecule has 0 radical (unpaired) electrons. The lowest BCUT2D eigenvalue weighted by Crippen LogP contribution is -2.41.